The highest BCUT2D eigenvalue weighted by Gasteiger charge is 2.17. The standard InChI is InChI=1S/C18H20N2.C2H6/c1-12-10-13(2)17-16(11-12)20(4)18(19-17)14(3)15-8-6-5-7-9-15;1-2/h5-11,14H,1-4H3;1-2H3. The third-order valence-corrected chi connectivity index (χ3v) is 4.04. The Kier molecular flexibility index (Phi) is 5.02. The van der Waals surface area contributed by atoms with Gasteiger partial charge in [-0.1, -0.05) is 57.2 Å². The third kappa shape index (κ3) is 2.92. The average molecular weight is 294 g/mol. The van der Waals surface area contributed by atoms with Gasteiger partial charge in [0.05, 0.1) is 11.0 Å². The van der Waals surface area contributed by atoms with Crippen molar-refractivity contribution in [3.8, 4) is 0 Å². The maximum Gasteiger partial charge on any atom is 0.116 e. The van der Waals surface area contributed by atoms with Crippen molar-refractivity contribution in [3.63, 3.8) is 0 Å². The summed E-state index contributed by atoms with van der Waals surface area (Å²) < 4.78 is 2.23. The molecule has 2 heteroatoms. The molecule has 0 fully saturated rings. The summed E-state index contributed by atoms with van der Waals surface area (Å²) in [5.74, 6) is 1.42. The molecule has 2 nitrogen and oxygen atoms in total. The average Bonchev–Trinajstić information content (AvgIpc) is 2.87. The van der Waals surface area contributed by atoms with Gasteiger partial charge in [0.1, 0.15) is 5.82 Å². The molecular formula is C20H26N2. The Balaban J connectivity index is 0.000000847. The predicted octanol–water partition coefficient (Wildman–Crippen LogP) is 5.37. The second-order valence-corrected chi connectivity index (χ2v) is 5.61. The van der Waals surface area contributed by atoms with E-state index in [4.69, 9.17) is 4.98 Å². The fourth-order valence-electron chi connectivity index (χ4n) is 2.93. The molecule has 22 heavy (non-hydrogen) atoms. The molecule has 1 unspecified atom stereocenters. The molecule has 1 aromatic heterocycles. The lowest BCUT2D eigenvalue weighted by molar-refractivity contribution is 0.752. The fourth-order valence-corrected chi connectivity index (χ4v) is 2.93. The Morgan fingerprint density at radius 2 is 1.64 bits per heavy atom. The Morgan fingerprint density at radius 1 is 1.00 bits per heavy atom. The Hall–Kier alpha value is -2.09. The highest BCUT2D eigenvalue weighted by atomic mass is 15.1. The Morgan fingerprint density at radius 3 is 2.27 bits per heavy atom. The number of aromatic nitrogens is 2. The zero-order chi connectivity index (χ0) is 16.3. The molecule has 1 atom stereocenters. The second-order valence-electron chi connectivity index (χ2n) is 5.61. The van der Waals surface area contributed by atoms with E-state index in [0.29, 0.717) is 5.92 Å². The minimum absolute atomic E-state index is 0.299. The summed E-state index contributed by atoms with van der Waals surface area (Å²) in [6.07, 6.45) is 0. The second kappa shape index (κ2) is 6.78. The minimum Gasteiger partial charge on any atom is -0.331 e. The van der Waals surface area contributed by atoms with Crippen molar-refractivity contribution in [1.82, 2.24) is 9.55 Å². The quantitative estimate of drug-likeness (QED) is 0.621. The number of nitrogens with zero attached hydrogens (tertiary/aromatic N) is 2. The first-order valence-corrected chi connectivity index (χ1v) is 8.06. The maximum absolute atomic E-state index is 4.89. The molecule has 0 aliphatic carbocycles. The molecule has 0 radical (unpaired) electrons. The first-order valence-electron chi connectivity index (χ1n) is 8.06. The van der Waals surface area contributed by atoms with Crippen LogP contribution >= 0.6 is 0 Å². The van der Waals surface area contributed by atoms with E-state index >= 15 is 0 Å². The lowest BCUT2D eigenvalue weighted by Gasteiger charge is -2.11. The van der Waals surface area contributed by atoms with Crippen molar-refractivity contribution in [2.24, 2.45) is 7.05 Å². The van der Waals surface area contributed by atoms with Crippen molar-refractivity contribution in [3.05, 3.63) is 65.0 Å². The fraction of sp³-hybridized carbons (Fsp3) is 0.350. The molecule has 0 saturated carbocycles. The summed E-state index contributed by atoms with van der Waals surface area (Å²) in [6, 6.07) is 15.0. The zero-order valence-electron chi connectivity index (χ0n) is 14.5. The molecule has 0 aliphatic rings. The molecule has 0 bridgehead atoms. The number of hydrogen-bond acceptors (Lipinski definition) is 1. The van der Waals surface area contributed by atoms with Crippen molar-refractivity contribution in [1.29, 1.82) is 0 Å². The van der Waals surface area contributed by atoms with Crippen LogP contribution in [0.5, 0.6) is 0 Å². The number of imidazole rings is 1. The van der Waals surface area contributed by atoms with E-state index in [-0.39, 0.29) is 0 Å². The monoisotopic (exact) mass is 294 g/mol. The number of hydrogen-bond donors (Lipinski definition) is 0. The maximum atomic E-state index is 4.89. The molecule has 1 heterocycles. The molecule has 3 aromatic rings. The third-order valence-electron chi connectivity index (χ3n) is 4.04. The number of benzene rings is 2. The molecule has 2 aromatic carbocycles. The van der Waals surface area contributed by atoms with Crippen molar-refractivity contribution in [2.45, 2.75) is 40.5 Å². The van der Waals surface area contributed by atoms with Gasteiger partial charge >= 0.3 is 0 Å². The van der Waals surface area contributed by atoms with Crippen LogP contribution < -0.4 is 0 Å². The van der Waals surface area contributed by atoms with Crippen LogP contribution in [0.2, 0.25) is 0 Å². The first-order chi connectivity index (χ1) is 10.6. The number of aryl methyl sites for hydroxylation is 3. The van der Waals surface area contributed by atoms with Gasteiger partial charge in [-0.15, -0.1) is 0 Å². The molecule has 0 amide bonds. The van der Waals surface area contributed by atoms with E-state index in [9.17, 15) is 0 Å². The van der Waals surface area contributed by atoms with E-state index in [0.717, 1.165) is 11.3 Å². The van der Waals surface area contributed by atoms with Crippen LogP contribution in [0.3, 0.4) is 0 Å². The van der Waals surface area contributed by atoms with Crippen molar-refractivity contribution >= 4 is 11.0 Å². The summed E-state index contributed by atoms with van der Waals surface area (Å²) in [4.78, 5) is 4.89. The summed E-state index contributed by atoms with van der Waals surface area (Å²) in [6.45, 7) is 10.5. The van der Waals surface area contributed by atoms with Crippen molar-refractivity contribution in [2.75, 3.05) is 0 Å². The van der Waals surface area contributed by atoms with Crippen LogP contribution in [-0.4, -0.2) is 9.55 Å². The lowest BCUT2D eigenvalue weighted by atomic mass is 10.0. The van der Waals surface area contributed by atoms with Crippen molar-refractivity contribution < 1.29 is 0 Å². The molecule has 0 aliphatic heterocycles. The Labute approximate surface area is 133 Å². The van der Waals surface area contributed by atoms with Gasteiger partial charge in [-0.05, 0) is 36.6 Å². The molecule has 0 spiro atoms. The van der Waals surface area contributed by atoms with E-state index in [1.165, 1.54) is 22.2 Å². The summed E-state index contributed by atoms with van der Waals surface area (Å²) in [5.41, 5.74) is 6.19. The molecular weight excluding hydrogens is 268 g/mol. The SMILES string of the molecule is CC.Cc1cc(C)c2nc(C(C)c3ccccc3)n(C)c2c1. The topological polar surface area (TPSA) is 17.8 Å². The molecule has 0 N–H and O–H groups in total. The summed E-state index contributed by atoms with van der Waals surface area (Å²) >= 11 is 0. The van der Waals surface area contributed by atoms with Gasteiger partial charge in [0, 0.05) is 13.0 Å². The minimum atomic E-state index is 0.299. The zero-order valence-corrected chi connectivity index (χ0v) is 14.5. The van der Waals surface area contributed by atoms with Crippen LogP contribution in [-0.2, 0) is 7.05 Å². The van der Waals surface area contributed by atoms with Crippen LogP contribution in [0, 0.1) is 13.8 Å². The first kappa shape index (κ1) is 16.3. The van der Waals surface area contributed by atoms with E-state index in [2.05, 4.69) is 74.9 Å². The highest BCUT2D eigenvalue weighted by molar-refractivity contribution is 5.80. The van der Waals surface area contributed by atoms with E-state index in [1.54, 1.807) is 0 Å². The predicted molar refractivity (Wildman–Crippen MR) is 95.5 cm³/mol. The van der Waals surface area contributed by atoms with Crippen LogP contribution in [0.1, 0.15) is 49.2 Å². The molecule has 0 saturated heterocycles. The number of fused-ring (bicyclic) bond motifs is 1. The van der Waals surface area contributed by atoms with Crippen LogP contribution in [0.4, 0.5) is 0 Å². The highest BCUT2D eigenvalue weighted by Crippen LogP contribution is 2.28. The van der Waals surface area contributed by atoms with E-state index in [1.807, 2.05) is 13.8 Å². The smallest absolute Gasteiger partial charge is 0.116 e. The normalized spacial score (nSPS) is 11.9. The van der Waals surface area contributed by atoms with Crippen LogP contribution in [0.25, 0.3) is 11.0 Å². The van der Waals surface area contributed by atoms with Gasteiger partial charge in [-0.2, -0.15) is 0 Å². The van der Waals surface area contributed by atoms with Gasteiger partial charge < -0.3 is 4.57 Å². The Bertz CT molecular complexity index is 754. The summed E-state index contributed by atoms with van der Waals surface area (Å²) in [5, 5.41) is 0. The molecule has 3 rings (SSSR count). The van der Waals surface area contributed by atoms with Crippen LogP contribution in [0.15, 0.2) is 42.5 Å². The van der Waals surface area contributed by atoms with E-state index < -0.39 is 0 Å². The summed E-state index contributed by atoms with van der Waals surface area (Å²) in [7, 11) is 2.11. The van der Waals surface area contributed by atoms with Gasteiger partial charge in [0.15, 0.2) is 0 Å². The largest absolute Gasteiger partial charge is 0.331 e. The number of rotatable bonds is 2. The van der Waals surface area contributed by atoms with Gasteiger partial charge in [-0.25, -0.2) is 4.98 Å². The molecule has 116 valence electrons. The van der Waals surface area contributed by atoms with Gasteiger partial charge in [-0.3, -0.25) is 0 Å². The van der Waals surface area contributed by atoms with Gasteiger partial charge in [0.25, 0.3) is 0 Å². The van der Waals surface area contributed by atoms with Gasteiger partial charge in [0.2, 0.25) is 0 Å². The lowest BCUT2D eigenvalue weighted by Crippen LogP contribution is -2.04.